The zero-order chi connectivity index (χ0) is 45.7. The number of amides is 7. The molecular weight excluding hydrogens is 779 g/mol. The minimum Gasteiger partial charge on any atom is -0.370 e. The van der Waals surface area contributed by atoms with Gasteiger partial charge in [0.05, 0.1) is 18.4 Å². The SMILES string of the molecule is CC[C@H](C)[C@H](NC(=O)[C@H](C)NC(=O)[C@@H](N)Cc1cnc[nH]1)C(=O)N[C@@H](C)C(=O)N[C@@H](C)C(=O)N[C@@H](CCCN=C(N)N)C(=O)N[C@@H](CC(C)C)C(=O)N[C@H](C=O)CC(C)C. The molecule has 1 rings (SSSR count). The highest BCUT2D eigenvalue weighted by Gasteiger charge is 2.33. The fraction of sp³-hybridized carbons (Fsp3) is 0.692. The molecule has 0 radical (unpaired) electrons. The van der Waals surface area contributed by atoms with Crippen LogP contribution in [0.4, 0.5) is 0 Å². The number of hydrogen-bond donors (Lipinski definition) is 11. The number of rotatable bonds is 27. The number of nitrogens with one attached hydrogen (secondary N) is 8. The second-order valence-electron chi connectivity index (χ2n) is 16.0. The lowest BCUT2D eigenvalue weighted by Crippen LogP contribution is -2.60. The number of H-pyrrole nitrogens is 1. The number of carbonyl (C=O) groups excluding carboxylic acids is 8. The first-order chi connectivity index (χ1) is 28.1. The standard InChI is InChI=1S/C39H69N13O8/c1-10-22(6)31(52-34(56)25(9)47-35(57)28(40)16-26-17-43-19-45-26)38(60)48-23(7)32(54)46-24(8)33(55)50-29(12-11-13-44-39(41)42)36(58)51-30(15-21(4)5)37(59)49-27(18-53)14-20(2)3/h17-25,27-31H,10-16,40H2,1-9H3,(H,43,45)(H,46,54)(H,47,57)(H,48,60)(H,49,59)(H,50,55)(H,51,58)(H,52,56)(H4,41,42,44)/t22-,23-,24-,25-,27-,28-,29-,30-,31-/m0/s1. The van der Waals surface area contributed by atoms with E-state index in [0.717, 1.165) is 0 Å². The molecule has 7 amide bonds. The Labute approximate surface area is 352 Å². The normalized spacial score (nSPS) is 15.7. The second kappa shape index (κ2) is 26.5. The number of aromatic nitrogens is 2. The van der Waals surface area contributed by atoms with Crippen molar-refractivity contribution < 1.29 is 38.4 Å². The van der Waals surface area contributed by atoms with Crippen molar-refractivity contribution in [3.8, 4) is 0 Å². The van der Waals surface area contributed by atoms with Gasteiger partial charge in [-0.15, -0.1) is 0 Å². The fourth-order valence-corrected chi connectivity index (χ4v) is 5.85. The van der Waals surface area contributed by atoms with Crippen molar-refractivity contribution in [2.45, 2.75) is 149 Å². The molecule has 338 valence electrons. The van der Waals surface area contributed by atoms with Crippen molar-refractivity contribution in [1.29, 1.82) is 0 Å². The summed E-state index contributed by atoms with van der Waals surface area (Å²) in [6, 6.07) is -8.42. The highest BCUT2D eigenvalue weighted by atomic mass is 16.2. The van der Waals surface area contributed by atoms with Crippen LogP contribution in [0.2, 0.25) is 0 Å². The number of carbonyl (C=O) groups is 8. The van der Waals surface area contributed by atoms with E-state index in [9.17, 15) is 38.4 Å². The van der Waals surface area contributed by atoms with E-state index >= 15 is 0 Å². The molecule has 0 spiro atoms. The van der Waals surface area contributed by atoms with Crippen molar-refractivity contribution in [3.05, 3.63) is 18.2 Å². The van der Waals surface area contributed by atoms with Crippen LogP contribution in [0.1, 0.15) is 100 Å². The Bertz CT molecular complexity index is 1600. The molecule has 1 aromatic heterocycles. The largest absolute Gasteiger partial charge is 0.370 e. The van der Waals surface area contributed by atoms with Gasteiger partial charge in [-0.1, -0.05) is 48.0 Å². The zero-order valence-electron chi connectivity index (χ0n) is 36.4. The maximum absolute atomic E-state index is 13.7. The lowest BCUT2D eigenvalue weighted by Gasteiger charge is -2.28. The third-order valence-electron chi connectivity index (χ3n) is 9.52. The minimum atomic E-state index is -1.20. The van der Waals surface area contributed by atoms with E-state index in [0.29, 0.717) is 24.8 Å². The summed E-state index contributed by atoms with van der Waals surface area (Å²) in [5.74, 6) is -5.04. The summed E-state index contributed by atoms with van der Waals surface area (Å²) in [7, 11) is 0. The predicted octanol–water partition coefficient (Wildman–Crippen LogP) is -1.88. The Morgan fingerprint density at radius 3 is 1.73 bits per heavy atom. The van der Waals surface area contributed by atoms with Crippen LogP contribution in [0.25, 0.3) is 0 Å². The quantitative estimate of drug-likeness (QED) is 0.0201. The molecule has 21 heteroatoms. The Hall–Kier alpha value is -5.60. The summed E-state index contributed by atoms with van der Waals surface area (Å²) in [6.45, 7) is 15.5. The van der Waals surface area contributed by atoms with E-state index in [-0.39, 0.29) is 55.9 Å². The van der Waals surface area contributed by atoms with Crippen molar-refractivity contribution in [1.82, 2.24) is 47.2 Å². The highest BCUT2D eigenvalue weighted by Crippen LogP contribution is 2.11. The van der Waals surface area contributed by atoms with Gasteiger partial charge in [-0.2, -0.15) is 0 Å². The number of aldehydes is 1. The smallest absolute Gasteiger partial charge is 0.243 e. The number of aromatic amines is 1. The van der Waals surface area contributed by atoms with Crippen molar-refractivity contribution in [2.24, 2.45) is 39.9 Å². The number of nitrogens with zero attached hydrogens (tertiary/aromatic N) is 2. The molecule has 1 heterocycles. The maximum atomic E-state index is 13.7. The van der Waals surface area contributed by atoms with Crippen LogP contribution in [-0.4, -0.2) is 118 Å². The van der Waals surface area contributed by atoms with Gasteiger partial charge in [-0.25, -0.2) is 4.98 Å². The van der Waals surface area contributed by atoms with E-state index in [4.69, 9.17) is 17.2 Å². The van der Waals surface area contributed by atoms with Gasteiger partial charge in [0.25, 0.3) is 0 Å². The Balaban J connectivity index is 3.00. The van der Waals surface area contributed by atoms with E-state index < -0.39 is 89.7 Å². The summed E-state index contributed by atoms with van der Waals surface area (Å²) < 4.78 is 0. The predicted molar refractivity (Wildman–Crippen MR) is 225 cm³/mol. The molecule has 1 aromatic rings. The lowest BCUT2D eigenvalue weighted by molar-refractivity contribution is -0.135. The lowest BCUT2D eigenvalue weighted by atomic mass is 9.97. The van der Waals surface area contributed by atoms with Gasteiger partial charge in [0.1, 0.15) is 42.5 Å². The molecule has 21 nitrogen and oxygen atoms in total. The van der Waals surface area contributed by atoms with Crippen LogP contribution < -0.4 is 54.4 Å². The molecule has 60 heavy (non-hydrogen) atoms. The third-order valence-corrected chi connectivity index (χ3v) is 9.52. The molecule has 0 aliphatic heterocycles. The molecule has 0 aliphatic rings. The third kappa shape index (κ3) is 19.4. The molecule has 0 bridgehead atoms. The molecule has 0 fully saturated rings. The average molecular weight is 848 g/mol. The van der Waals surface area contributed by atoms with Crippen LogP contribution in [0.5, 0.6) is 0 Å². The molecule has 0 aromatic carbocycles. The first kappa shape index (κ1) is 52.4. The zero-order valence-corrected chi connectivity index (χ0v) is 36.4. The van der Waals surface area contributed by atoms with Gasteiger partial charge < -0.3 is 64.2 Å². The van der Waals surface area contributed by atoms with Crippen LogP contribution >= 0.6 is 0 Å². The van der Waals surface area contributed by atoms with Gasteiger partial charge >= 0.3 is 0 Å². The molecule has 0 saturated heterocycles. The van der Waals surface area contributed by atoms with Crippen LogP contribution in [0.3, 0.4) is 0 Å². The van der Waals surface area contributed by atoms with E-state index in [2.05, 4.69) is 52.2 Å². The molecular formula is C39H69N13O8. The molecule has 0 aliphatic carbocycles. The number of aliphatic imine (C=N–C) groups is 1. The summed E-state index contributed by atoms with van der Waals surface area (Å²) >= 11 is 0. The Morgan fingerprint density at radius 2 is 1.22 bits per heavy atom. The molecule has 14 N–H and O–H groups in total. The first-order valence-electron chi connectivity index (χ1n) is 20.5. The van der Waals surface area contributed by atoms with E-state index in [1.165, 1.54) is 33.3 Å². The number of hydrogen-bond acceptors (Lipinski definition) is 11. The van der Waals surface area contributed by atoms with Gasteiger partial charge in [-0.3, -0.25) is 38.6 Å². The van der Waals surface area contributed by atoms with Crippen molar-refractivity contribution in [2.75, 3.05) is 6.54 Å². The molecule has 9 atom stereocenters. The topological polar surface area (TPSA) is 340 Å². The Morgan fingerprint density at radius 1 is 0.700 bits per heavy atom. The van der Waals surface area contributed by atoms with Gasteiger partial charge in [0.2, 0.25) is 41.4 Å². The van der Waals surface area contributed by atoms with Gasteiger partial charge in [0, 0.05) is 24.9 Å². The molecule has 0 saturated carbocycles. The first-order valence-corrected chi connectivity index (χ1v) is 20.5. The van der Waals surface area contributed by atoms with Gasteiger partial charge in [-0.05, 0) is 64.2 Å². The summed E-state index contributed by atoms with van der Waals surface area (Å²) in [5.41, 5.74) is 17.5. The summed E-state index contributed by atoms with van der Waals surface area (Å²) in [4.78, 5) is 115. The monoisotopic (exact) mass is 848 g/mol. The van der Waals surface area contributed by atoms with E-state index in [1.54, 1.807) is 6.92 Å². The summed E-state index contributed by atoms with van der Waals surface area (Å²) in [6.07, 6.45) is 5.26. The molecule has 0 unspecified atom stereocenters. The van der Waals surface area contributed by atoms with Crippen LogP contribution in [-0.2, 0) is 44.8 Å². The van der Waals surface area contributed by atoms with Crippen molar-refractivity contribution in [3.63, 3.8) is 0 Å². The highest BCUT2D eigenvalue weighted by molar-refractivity contribution is 5.97. The fourth-order valence-electron chi connectivity index (χ4n) is 5.85. The van der Waals surface area contributed by atoms with Gasteiger partial charge in [0.15, 0.2) is 5.96 Å². The maximum Gasteiger partial charge on any atom is 0.243 e. The number of guanidine groups is 1. The minimum absolute atomic E-state index is 0.0235. The van der Waals surface area contributed by atoms with Crippen LogP contribution in [0.15, 0.2) is 17.5 Å². The summed E-state index contributed by atoms with van der Waals surface area (Å²) in [5, 5.41) is 18.3. The average Bonchev–Trinajstić information content (AvgIpc) is 3.69. The van der Waals surface area contributed by atoms with Crippen molar-refractivity contribution >= 4 is 53.6 Å². The number of nitrogens with two attached hydrogens (primary N) is 3. The van der Waals surface area contributed by atoms with E-state index in [1.807, 2.05) is 34.6 Å². The Kier molecular flexibility index (Phi) is 23.1. The second-order valence-corrected chi connectivity index (χ2v) is 16.0. The van der Waals surface area contributed by atoms with Crippen LogP contribution in [0, 0.1) is 17.8 Å². The number of imidazole rings is 1.